The molecule has 0 saturated heterocycles. The highest BCUT2D eigenvalue weighted by Gasteiger charge is 2.09. The molecule has 2 aromatic carbocycles. The Kier molecular flexibility index (Phi) is 4.94. The number of nitrogens with zero attached hydrogens (tertiary/aromatic N) is 2. The largest absolute Gasteiger partial charge is 0.497 e. The molecule has 0 radical (unpaired) electrons. The van der Waals surface area contributed by atoms with Crippen molar-refractivity contribution in [3.63, 3.8) is 0 Å². The van der Waals surface area contributed by atoms with Crippen molar-refractivity contribution in [3.05, 3.63) is 71.4 Å². The van der Waals surface area contributed by atoms with E-state index in [1.807, 2.05) is 0 Å². The molecular weight excluding hydrogens is 324 g/mol. The Balaban J connectivity index is 1.57. The Hall–Kier alpha value is -3.35. The quantitative estimate of drug-likeness (QED) is 0.706. The molecule has 0 aliphatic rings. The number of ether oxygens (including phenoxy) is 2. The summed E-state index contributed by atoms with van der Waals surface area (Å²) in [7, 11) is 1.60. The lowest BCUT2D eigenvalue weighted by Crippen LogP contribution is -1.98. The van der Waals surface area contributed by atoms with Gasteiger partial charge in [-0.3, -0.25) is 0 Å². The van der Waals surface area contributed by atoms with Gasteiger partial charge in [-0.1, -0.05) is 17.3 Å². The molecule has 1 N–H and O–H groups in total. The van der Waals surface area contributed by atoms with E-state index in [1.165, 1.54) is 0 Å². The zero-order chi connectivity index (χ0) is 17.6. The van der Waals surface area contributed by atoms with Crippen molar-refractivity contribution in [2.24, 2.45) is 0 Å². The molecule has 128 valence electrons. The fraction of sp³-hybridized carbons (Fsp3) is 0.167. The number of carboxylic acids is 1. The molecule has 0 aliphatic heterocycles. The SMILES string of the molecule is COc1ccc(OCc2noc(Cc3ccc(C(=O)O)cc3)n2)cc1. The van der Waals surface area contributed by atoms with Crippen LogP contribution in [-0.2, 0) is 13.0 Å². The second-order valence-corrected chi connectivity index (χ2v) is 5.25. The molecular formula is C18H16N2O5. The summed E-state index contributed by atoms with van der Waals surface area (Å²) in [5, 5.41) is 12.8. The first kappa shape index (κ1) is 16.5. The Labute approximate surface area is 143 Å². The molecule has 0 aliphatic carbocycles. The molecule has 0 spiro atoms. The van der Waals surface area contributed by atoms with Crippen LogP contribution in [0.5, 0.6) is 11.5 Å². The van der Waals surface area contributed by atoms with Gasteiger partial charge in [0, 0.05) is 0 Å². The van der Waals surface area contributed by atoms with Crippen LogP contribution in [0.3, 0.4) is 0 Å². The lowest BCUT2D eigenvalue weighted by atomic mass is 10.1. The molecule has 0 amide bonds. The van der Waals surface area contributed by atoms with Crippen molar-refractivity contribution >= 4 is 5.97 Å². The summed E-state index contributed by atoms with van der Waals surface area (Å²) in [4.78, 5) is 15.1. The van der Waals surface area contributed by atoms with Crippen LogP contribution in [0.2, 0.25) is 0 Å². The van der Waals surface area contributed by atoms with Gasteiger partial charge in [0.15, 0.2) is 6.61 Å². The molecule has 1 heterocycles. The summed E-state index contributed by atoms with van der Waals surface area (Å²) in [6.07, 6.45) is 0.426. The van der Waals surface area contributed by atoms with E-state index in [2.05, 4.69) is 10.1 Å². The zero-order valence-corrected chi connectivity index (χ0v) is 13.5. The van der Waals surface area contributed by atoms with Gasteiger partial charge >= 0.3 is 5.97 Å². The van der Waals surface area contributed by atoms with Crippen LogP contribution in [0.25, 0.3) is 0 Å². The van der Waals surface area contributed by atoms with E-state index in [0.29, 0.717) is 23.9 Å². The standard InChI is InChI=1S/C18H16N2O5/c1-23-14-6-8-15(9-7-14)24-11-16-19-17(25-20-16)10-12-2-4-13(5-3-12)18(21)22/h2-9H,10-11H2,1H3,(H,21,22). The smallest absolute Gasteiger partial charge is 0.335 e. The van der Waals surface area contributed by atoms with E-state index in [9.17, 15) is 4.79 Å². The maximum atomic E-state index is 10.8. The fourth-order valence-corrected chi connectivity index (χ4v) is 2.18. The van der Waals surface area contributed by atoms with Crippen LogP contribution in [0.1, 0.15) is 27.6 Å². The number of carbonyl (C=O) groups is 1. The molecule has 0 saturated carbocycles. The molecule has 7 heteroatoms. The van der Waals surface area contributed by atoms with E-state index in [1.54, 1.807) is 55.6 Å². The van der Waals surface area contributed by atoms with E-state index >= 15 is 0 Å². The van der Waals surface area contributed by atoms with Crippen molar-refractivity contribution in [3.8, 4) is 11.5 Å². The number of aromatic carboxylic acids is 1. The van der Waals surface area contributed by atoms with Gasteiger partial charge in [-0.25, -0.2) is 4.79 Å². The normalized spacial score (nSPS) is 10.4. The molecule has 3 rings (SSSR count). The minimum Gasteiger partial charge on any atom is -0.497 e. The lowest BCUT2D eigenvalue weighted by molar-refractivity contribution is 0.0697. The van der Waals surface area contributed by atoms with Crippen molar-refractivity contribution in [2.75, 3.05) is 7.11 Å². The van der Waals surface area contributed by atoms with Crippen molar-refractivity contribution in [2.45, 2.75) is 13.0 Å². The first-order valence-corrected chi connectivity index (χ1v) is 7.54. The summed E-state index contributed by atoms with van der Waals surface area (Å²) in [5.41, 5.74) is 1.12. The summed E-state index contributed by atoms with van der Waals surface area (Å²) in [5.74, 6) is 1.35. The van der Waals surface area contributed by atoms with Crippen LogP contribution in [-0.4, -0.2) is 28.3 Å². The van der Waals surface area contributed by atoms with Crippen molar-refractivity contribution in [1.29, 1.82) is 0 Å². The maximum Gasteiger partial charge on any atom is 0.335 e. The van der Waals surface area contributed by atoms with E-state index in [0.717, 1.165) is 11.3 Å². The van der Waals surface area contributed by atoms with Gasteiger partial charge in [0.2, 0.25) is 11.7 Å². The Morgan fingerprint density at radius 3 is 2.40 bits per heavy atom. The molecule has 0 bridgehead atoms. The Bertz CT molecular complexity index is 841. The molecule has 1 aromatic heterocycles. The third-order valence-corrected chi connectivity index (χ3v) is 3.49. The minimum atomic E-state index is -0.956. The van der Waals surface area contributed by atoms with E-state index < -0.39 is 5.97 Å². The molecule has 25 heavy (non-hydrogen) atoms. The molecule has 0 atom stereocenters. The van der Waals surface area contributed by atoms with E-state index in [-0.39, 0.29) is 12.2 Å². The van der Waals surface area contributed by atoms with Gasteiger partial charge in [0.1, 0.15) is 11.5 Å². The monoisotopic (exact) mass is 340 g/mol. The van der Waals surface area contributed by atoms with E-state index in [4.69, 9.17) is 19.1 Å². The van der Waals surface area contributed by atoms with Crippen LogP contribution in [0.15, 0.2) is 53.1 Å². The predicted molar refractivity (Wildman–Crippen MR) is 87.8 cm³/mol. The summed E-state index contributed by atoms with van der Waals surface area (Å²) >= 11 is 0. The summed E-state index contributed by atoms with van der Waals surface area (Å²) in [6.45, 7) is 0.188. The lowest BCUT2D eigenvalue weighted by Gasteiger charge is -2.04. The maximum absolute atomic E-state index is 10.8. The first-order valence-electron chi connectivity index (χ1n) is 7.54. The first-order chi connectivity index (χ1) is 12.1. The summed E-state index contributed by atoms with van der Waals surface area (Å²) < 4.78 is 15.9. The van der Waals surface area contributed by atoms with Crippen molar-refractivity contribution in [1.82, 2.24) is 10.1 Å². The zero-order valence-electron chi connectivity index (χ0n) is 13.5. The number of aromatic nitrogens is 2. The van der Waals surface area contributed by atoms with Crippen molar-refractivity contribution < 1.29 is 23.9 Å². The highest BCUT2D eigenvalue weighted by Crippen LogP contribution is 2.18. The van der Waals surface area contributed by atoms with Gasteiger partial charge in [0.05, 0.1) is 19.1 Å². The minimum absolute atomic E-state index is 0.188. The predicted octanol–water partition coefficient (Wildman–Crippen LogP) is 2.95. The summed E-state index contributed by atoms with van der Waals surface area (Å²) in [6, 6.07) is 13.7. The molecule has 0 fully saturated rings. The number of hydrogen-bond acceptors (Lipinski definition) is 6. The third-order valence-electron chi connectivity index (χ3n) is 3.49. The van der Waals surface area contributed by atoms with Crippen LogP contribution in [0.4, 0.5) is 0 Å². The number of methoxy groups -OCH3 is 1. The topological polar surface area (TPSA) is 94.7 Å². The van der Waals surface area contributed by atoms with Gasteiger partial charge < -0.3 is 19.1 Å². The van der Waals surface area contributed by atoms with Crippen LogP contribution < -0.4 is 9.47 Å². The second kappa shape index (κ2) is 7.48. The third kappa shape index (κ3) is 4.35. The number of carboxylic acid groups (broad SMARTS) is 1. The number of hydrogen-bond donors (Lipinski definition) is 1. The Morgan fingerprint density at radius 2 is 1.76 bits per heavy atom. The average Bonchev–Trinajstić information content (AvgIpc) is 3.08. The van der Waals surface area contributed by atoms with Crippen LogP contribution in [0, 0.1) is 0 Å². The van der Waals surface area contributed by atoms with Gasteiger partial charge in [-0.05, 0) is 42.0 Å². The molecule has 7 nitrogen and oxygen atoms in total. The average molecular weight is 340 g/mol. The van der Waals surface area contributed by atoms with Gasteiger partial charge in [-0.15, -0.1) is 0 Å². The highest BCUT2D eigenvalue weighted by atomic mass is 16.5. The number of rotatable bonds is 7. The van der Waals surface area contributed by atoms with Gasteiger partial charge in [0.25, 0.3) is 0 Å². The Morgan fingerprint density at radius 1 is 1.08 bits per heavy atom. The number of benzene rings is 2. The highest BCUT2D eigenvalue weighted by molar-refractivity contribution is 5.87. The second-order valence-electron chi connectivity index (χ2n) is 5.25. The van der Waals surface area contributed by atoms with Gasteiger partial charge in [-0.2, -0.15) is 4.98 Å². The van der Waals surface area contributed by atoms with Crippen LogP contribution >= 0.6 is 0 Å². The fourth-order valence-electron chi connectivity index (χ4n) is 2.18. The molecule has 0 unspecified atom stereocenters. The molecule has 3 aromatic rings.